The number of sulfone groups is 1. The van der Waals surface area contributed by atoms with Gasteiger partial charge in [0.05, 0.1) is 21.7 Å². The van der Waals surface area contributed by atoms with Crippen LogP contribution < -0.4 is 4.90 Å². The molecule has 2 amide bonds. The molecule has 1 fully saturated rings. The summed E-state index contributed by atoms with van der Waals surface area (Å²) in [5.74, 6) is -3.82. The van der Waals surface area contributed by atoms with Crippen LogP contribution >= 0.6 is 0 Å². The van der Waals surface area contributed by atoms with E-state index in [0.717, 1.165) is 11.0 Å². The number of hydrogen-bond acceptors (Lipinski definition) is 5. The summed E-state index contributed by atoms with van der Waals surface area (Å²) in [6, 6.07) is 6.98. The Labute approximate surface area is 175 Å². The lowest BCUT2D eigenvalue weighted by Gasteiger charge is -2.21. The maximum atomic E-state index is 13.5. The number of carbonyl (C=O) groups is 2. The van der Waals surface area contributed by atoms with E-state index < -0.39 is 56.1 Å². The van der Waals surface area contributed by atoms with E-state index in [4.69, 9.17) is 0 Å². The number of phenols is 1. The quantitative estimate of drug-likeness (QED) is 0.753. The second-order valence-electron chi connectivity index (χ2n) is 7.36. The molecule has 4 rings (SSSR count). The Morgan fingerprint density at radius 1 is 1.00 bits per heavy atom. The number of phenolic OH excluding ortho intramolecular Hbond substituents is 1. The molecule has 0 unspecified atom stereocenters. The number of fused-ring (bicyclic) bond motifs is 1. The van der Waals surface area contributed by atoms with Crippen molar-refractivity contribution >= 4 is 27.3 Å². The highest BCUT2D eigenvalue weighted by molar-refractivity contribution is 7.92. The lowest BCUT2D eigenvalue weighted by atomic mass is 10.0. The normalized spacial score (nSPS) is 17.6. The SMILES string of the molecule is O=C(c1cc(C(=O)N2CS(=O)(=O)c3ccccc32)cc(C(F)(F)F)c1O)N1CCCC1. The summed E-state index contributed by atoms with van der Waals surface area (Å²) in [6.07, 6.45) is -3.67. The molecule has 0 saturated carbocycles. The standard InChI is InChI=1S/C20H17F3N2O5S/c21-20(22,23)14-10-12(9-13(17(14)26)19(28)24-7-3-4-8-24)18(27)25-11-31(29,30)16-6-2-1-5-15(16)25/h1-2,5-6,9-10,26H,3-4,7-8,11H2. The zero-order valence-electron chi connectivity index (χ0n) is 16.0. The lowest BCUT2D eigenvalue weighted by molar-refractivity contribution is -0.138. The van der Waals surface area contributed by atoms with Gasteiger partial charge in [0.2, 0.25) is 0 Å². The topological polar surface area (TPSA) is 95.0 Å². The van der Waals surface area contributed by atoms with Crippen molar-refractivity contribution in [3.8, 4) is 5.75 Å². The van der Waals surface area contributed by atoms with E-state index in [9.17, 15) is 36.3 Å². The smallest absolute Gasteiger partial charge is 0.420 e. The maximum Gasteiger partial charge on any atom is 0.420 e. The number of likely N-dealkylation sites (tertiary alicyclic amines) is 1. The first-order chi connectivity index (χ1) is 14.5. The predicted molar refractivity (Wildman–Crippen MR) is 104 cm³/mol. The van der Waals surface area contributed by atoms with Crippen molar-refractivity contribution in [3.63, 3.8) is 0 Å². The number of amides is 2. The van der Waals surface area contributed by atoms with Crippen LogP contribution in [0.5, 0.6) is 5.75 Å². The van der Waals surface area contributed by atoms with E-state index in [1.54, 1.807) is 0 Å². The van der Waals surface area contributed by atoms with E-state index in [-0.39, 0.29) is 10.6 Å². The van der Waals surface area contributed by atoms with Gasteiger partial charge in [-0.25, -0.2) is 8.42 Å². The molecule has 7 nitrogen and oxygen atoms in total. The van der Waals surface area contributed by atoms with Gasteiger partial charge in [0.1, 0.15) is 11.6 Å². The minimum atomic E-state index is -5.03. The first kappa shape index (κ1) is 21.2. The molecule has 1 N–H and O–H groups in total. The Bertz CT molecular complexity index is 1190. The van der Waals surface area contributed by atoms with Crippen LogP contribution in [0.4, 0.5) is 18.9 Å². The molecular formula is C20H17F3N2O5S. The van der Waals surface area contributed by atoms with Crippen LogP contribution in [0.15, 0.2) is 41.3 Å². The number of rotatable bonds is 2. The lowest BCUT2D eigenvalue weighted by Crippen LogP contribution is -2.32. The Hall–Kier alpha value is -3.08. The van der Waals surface area contributed by atoms with Gasteiger partial charge in [-0.15, -0.1) is 0 Å². The second-order valence-corrected chi connectivity index (χ2v) is 9.29. The molecule has 0 spiro atoms. The molecule has 0 radical (unpaired) electrons. The van der Waals surface area contributed by atoms with Crippen LogP contribution in [-0.4, -0.2) is 49.2 Å². The van der Waals surface area contributed by atoms with Crippen molar-refractivity contribution in [1.29, 1.82) is 0 Å². The third-order valence-electron chi connectivity index (χ3n) is 5.32. The summed E-state index contributed by atoms with van der Waals surface area (Å²) in [7, 11) is -3.84. The van der Waals surface area contributed by atoms with Gasteiger partial charge < -0.3 is 10.0 Å². The number of para-hydroxylation sites is 1. The van der Waals surface area contributed by atoms with Crippen molar-refractivity contribution in [2.75, 3.05) is 23.9 Å². The average molecular weight is 454 g/mol. The fourth-order valence-corrected chi connectivity index (χ4v) is 5.32. The van der Waals surface area contributed by atoms with Crippen LogP contribution in [-0.2, 0) is 16.0 Å². The largest absolute Gasteiger partial charge is 0.506 e. The molecule has 2 aromatic carbocycles. The first-order valence-electron chi connectivity index (χ1n) is 9.38. The summed E-state index contributed by atoms with van der Waals surface area (Å²) < 4.78 is 65.3. The molecule has 31 heavy (non-hydrogen) atoms. The number of aromatic hydroxyl groups is 1. The third kappa shape index (κ3) is 3.62. The molecule has 2 aliphatic rings. The van der Waals surface area contributed by atoms with Gasteiger partial charge in [-0.05, 0) is 37.1 Å². The highest BCUT2D eigenvalue weighted by atomic mass is 32.2. The zero-order valence-corrected chi connectivity index (χ0v) is 16.8. The minimum Gasteiger partial charge on any atom is -0.506 e. The molecule has 0 bridgehead atoms. The number of hydrogen-bond donors (Lipinski definition) is 1. The number of nitrogens with zero attached hydrogens (tertiary/aromatic N) is 2. The van der Waals surface area contributed by atoms with E-state index in [2.05, 4.69) is 0 Å². The van der Waals surface area contributed by atoms with Crippen molar-refractivity contribution in [3.05, 3.63) is 53.1 Å². The summed E-state index contributed by atoms with van der Waals surface area (Å²) in [4.78, 5) is 27.8. The van der Waals surface area contributed by atoms with Crippen LogP contribution in [0.2, 0.25) is 0 Å². The summed E-state index contributed by atoms with van der Waals surface area (Å²) in [5, 5.41) is 10.2. The maximum absolute atomic E-state index is 13.5. The van der Waals surface area contributed by atoms with Gasteiger partial charge in [0.25, 0.3) is 11.8 Å². The van der Waals surface area contributed by atoms with Crippen molar-refractivity contribution in [2.24, 2.45) is 0 Å². The number of halogens is 3. The van der Waals surface area contributed by atoms with E-state index >= 15 is 0 Å². The highest BCUT2D eigenvalue weighted by Crippen LogP contribution is 2.40. The summed E-state index contributed by atoms with van der Waals surface area (Å²) in [5.41, 5.74) is -2.67. The molecular weight excluding hydrogens is 437 g/mol. The second kappa shape index (κ2) is 7.26. The predicted octanol–water partition coefficient (Wildman–Crippen LogP) is 3.04. The summed E-state index contributed by atoms with van der Waals surface area (Å²) in [6.45, 7) is 0.658. The minimum absolute atomic E-state index is 0.0431. The Morgan fingerprint density at radius 3 is 2.29 bits per heavy atom. The number of carbonyl (C=O) groups excluding carboxylic acids is 2. The van der Waals surface area contributed by atoms with Crippen molar-refractivity contribution in [2.45, 2.75) is 23.9 Å². The van der Waals surface area contributed by atoms with Crippen LogP contribution in [0, 0.1) is 0 Å². The Kier molecular flexibility index (Phi) is 4.95. The van der Waals surface area contributed by atoms with E-state index in [1.807, 2.05) is 0 Å². The molecule has 0 aromatic heterocycles. The van der Waals surface area contributed by atoms with E-state index in [1.165, 1.54) is 29.2 Å². The fraction of sp³-hybridized carbons (Fsp3) is 0.300. The zero-order chi connectivity index (χ0) is 22.6. The van der Waals surface area contributed by atoms with Gasteiger partial charge in [-0.1, -0.05) is 12.1 Å². The molecule has 11 heteroatoms. The van der Waals surface area contributed by atoms with Crippen LogP contribution in [0.1, 0.15) is 39.1 Å². The van der Waals surface area contributed by atoms with Gasteiger partial charge in [-0.3, -0.25) is 14.5 Å². The molecule has 0 aliphatic carbocycles. The van der Waals surface area contributed by atoms with Crippen LogP contribution in [0.25, 0.3) is 0 Å². The third-order valence-corrected chi connectivity index (χ3v) is 6.93. The number of anilines is 1. The van der Waals surface area contributed by atoms with Crippen molar-refractivity contribution in [1.82, 2.24) is 4.90 Å². The van der Waals surface area contributed by atoms with Gasteiger partial charge in [0, 0.05) is 18.7 Å². The molecule has 164 valence electrons. The molecule has 1 saturated heterocycles. The van der Waals surface area contributed by atoms with Gasteiger partial charge >= 0.3 is 6.18 Å². The first-order valence-corrected chi connectivity index (χ1v) is 11.0. The Balaban J connectivity index is 1.82. The average Bonchev–Trinajstić information content (AvgIpc) is 3.33. The molecule has 2 aliphatic heterocycles. The summed E-state index contributed by atoms with van der Waals surface area (Å²) >= 11 is 0. The number of alkyl halides is 3. The van der Waals surface area contributed by atoms with Gasteiger partial charge in [0.15, 0.2) is 9.84 Å². The molecule has 2 heterocycles. The van der Waals surface area contributed by atoms with Crippen molar-refractivity contribution < 1.29 is 36.3 Å². The Morgan fingerprint density at radius 2 is 1.65 bits per heavy atom. The molecule has 2 aromatic rings. The monoisotopic (exact) mass is 454 g/mol. The molecule has 0 atom stereocenters. The number of benzene rings is 2. The van der Waals surface area contributed by atoms with Crippen LogP contribution in [0.3, 0.4) is 0 Å². The van der Waals surface area contributed by atoms with Gasteiger partial charge in [-0.2, -0.15) is 13.2 Å². The fourth-order valence-electron chi connectivity index (χ4n) is 3.80. The van der Waals surface area contributed by atoms with E-state index in [0.29, 0.717) is 32.0 Å². The highest BCUT2D eigenvalue weighted by Gasteiger charge is 2.40.